The van der Waals surface area contributed by atoms with E-state index in [0.29, 0.717) is 21.9 Å². The van der Waals surface area contributed by atoms with Crippen molar-refractivity contribution in [1.82, 2.24) is 0 Å². The molecule has 0 atom stereocenters. The Morgan fingerprint density at radius 1 is 1.14 bits per heavy atom. The lowest BCUT2D eigenvalue weighted by Gasteiger charge is -2.14. The van der Waals surface area contributed by atoms with Crippen LogP contribution < -0.4 is 9.64 Å². The Balaban J connectivity index is 1.85. The third-order valence-electron chi connectivity index (χ3n) is 3.66. The monoisotopic (exact) mass is 415 g/mol. The zero-order valence-electron chi connectivity index (χ0n) is 14.2. The quantitative estimate of drug-likeness (QED) is 0.547. The van der Waals surface area contributed by atoms with Crippen LogP contribution >= 0.6 is 24.0 Å². The van der Waals surface area contributed by atoms with Crippen LogP contribution in [-0.4, -0.2) is 39.0 Å². The van der Waals surface area contributed by atoms with E-state index in [9.17, 15) is 14.4 Å². The molecule has 2 aromatic rings. The highest BCUT2D eigenvalue weighted by molar-refractivity contribution is 8.27. The van der Waals surface area contributed by atoms with Gasteiger partial charge in [0.15, 0.2) is 10.9 Å². The molecule has 0 bridgehead atoms. The first-order valence-corrected chi connectivity index (χ1v) is 9.13. The van der Waals surface area contributed by atoms with Gasteiger partial charge in [-0.2, -0.15) is 0 Å². The molecule has 1 saturated heterocycles. The average molecular weight is 415 g/mol. The zero-order chi connectivity index (χ0) is 20.3. The number of hydrogen-bond donors (Lipinski definition) is 2. The van der Waals surface area contributed by atoms with Gasteiger partial charge in [0.05, 0.1) is 16.2 Å². The number of ether oxygens (including phenoxy) is 1. The van der Waals surface area contributed by atoms with E-state index in [1.54, 1.807) is 42.5 Å². The SMILES string of the molecule is O=C(O)COc1cccc(/C=C2\SC(=S)N(c3cccc(C(=O)O)c3)C2=O)c1. The minimum Gasteiger partial charge on any atom is -0.482 e. The van der Waals surface area contributed by atoms with E-state index in [1.165, 1.54) is 17.0 Å². The molecular weight excluding hydrogens is 402 g/mol. The highest BCUT2D eigenvalue weighted by Crippen LogP contribution is 2.36. The second kappa shape index (κ2) is 8.24. The number of aliphatic carboxylic acids is 1. The Kier molecular flexibility index (Phi) is 5.76. The molecule has 7 nitrogen and oxygen atoms in total. The molecule has 1 aliphatic rings. The predicted molar refractivity (Wildman–Crippen MR) is 109 cm³/mol. The van der Waals surface area contributed by atoms with Gasteiger partial charge in [-0.25, -0.2) is 9.59 Å². The second-order valence-corrected chi connectivity index (χ2v) is 7.30. The average Bonchev–Trinajstić information content (AvgIpc) is 2.93. The van der Waals surface area contributed by atoms with Gasteiger partial charge in [-0.1, -0.05) is 42.2 Å². The van der Waals surface area contributed by atoms with Crippen molar-refractivity contribution in [1.29, 1.82) is 0 Å². The molecule has 0 unspecified atom stereocenters. The number of aromatic carboxylic acids is 1. The number of benzene rings is 2. The third kappa shape index (κ3) is 4.38. The number of anilines is 1. The molecule has 0 saturated carbocycles. The number of carbonyl (C=O) groups is 3. The first-order valence-electron chi connectivity index (χ1n) is 7.91. The van der Waals surface area contributed by atoms with Gasteiger partial charge in [0.2, 0.25) is 0 Å². The lowest BCUT2D eigenvalue weighted by molar-refractivity contribution is -0.139. The number of carboxylic acid groups (broad SMARTS) is 2. The Bertz CT molecular complexity index is 1020. The fourth-order valence-corrected chi connectivity index (χ4v) is 3.76. The molecular formula is C19H13NO6S2. The Morgan fingerprint density at radius 3 is 2.61 bits per heavy atom. The number of carbonyl (C=O) groups excluding carboxylic acids is 1. The number of thiocarbonyl (C=S) groups is 1. The molecule has 1 amide bonds. The van der Waals surface area contributed by atoms with Gasteiger partial charge < -0.3 is 14.9 Å². The Labute approximate surface area is 169 Å². The molecule has 0 aliphatic carbocycles. The molecule has 28 heavy (non-hydrogen) atoms. The van der Waals surface area contributed by atoms with Gasteiger partial charge in [0.25, 0.3) is 5.91 Å². The van der Waals surface area contributed by atoms with E-state index in [2.05, 4.69) is 0 Å². The number of thioether (sulfide) groups is 1. The van der Waals surface area contributed by atoms with Crippen LogP contribution in [0.15, 0.2) is 53.4 Å². The van der Waals surface area contributed by atoms with Crippen LogP contribution in [0.25, 0.3) is 6.08 Å². The summed E-state index contributed by atoms with van der Waals surface area (Å²) in [6, 6.07) is 12.6. The zero-order valence-corrected chi connectivity index (χ0v) is 15.8. The number of amides is 1. The van der Waals surface area contributed by atoms with Crippen molar-refractivity contribution < 1.29 is 29.3 Å². The highest BCUT2D eigenvalue weighted by atomic mass is 32.2. The minimum atomic E-state index is -1.10. The standard InChI is InChI=1S/C19H13NO6S2/c21-16(22)10-26-14-6-1-3-11(7-14)8-15-17(23)20(19(27)28-15)13-5-2-4-12(9-13)18(24)25/h1-9H,10H2,(H,21,22)(H,24,25)/b15-8-. The van der Waals surface area contributed by atoms with E-state index >= 15 is 0 Å². The first-order chi connectivity index (χ1) is 13.3. The van der Waals surface area contributed by atoms with Crippen LogP contribution in [0.2, 0.25) is 0 Å². The van der Waals surface area contributed by atoms with Crippen LogP contribution in [0.5, 0.6) is 5.75 Å². The third-order valence-corrected chi connectivity index (χ3v) is 4.97. The fourth-order valence-electron chi connectivity index (χ4n) is 2.46. The van der Waals surface area contributed by atoms with Crippen molar-refractivity contribution in [3.05, 3.63) is 64.6 Å². The van der Waals surface area contributed by atoms with Crippen molar-refractivity contribution in [2.75, 3.05) is 11.5 Å². The van der Waals surface area contributed by atoms with Gasteiger partial charge >= 0.3 is 11.9 Å². The van der Waals surface area contributed by atoms with Crippen LogP contribution in [0, 0.1) is 0 Å². The molecule has 3 rings (SSSR count). The fraction of sp³-hybridized carbons (Fsp3) is 0.0526. The van der Waals surface area contributed by atoms with Crippen molar-refractivity contribution in [3.63, 3.8) is 0 Å². The molecule has 0 aromatic heterocycles. The van der Waals surface area contributed by atoms with Crippen molar-refractivity contribution in [3.8, 4) is 5.75 Å². The van der Waals surface area contributed by atoms with E-state index < -0.39 is 18.5 Å². The largest absolute Gasteiger partial charge is 0.482 e. The number of carboxylic acids is 2. The summed E-state index contributed by atoms with van der Waals surface area (Å²) in [6.45, 7) is -0.467. The van der Waals surface area contributed by atoms with Crippen LogP contribution in [0.4, 0.5) is 5.69 Å². The molecule has 9 heteroatoms. The predicted octanol–water partition coefficient (Wildman–Crippen LogP) is 3.25. The van der Waals surface area contributed by atoms with Crippen LogP contribution in [0.1, 0.15) is 15.9 Å². The summed E-state index contributed by atoms with van der Waals surface area (Å²) in [5, 5.41) is 17.8. The summed E-state index contributed by atoms with van der Waals surface area (Å²) < 4.78 is 5.42. The smallest absolute Gasteiger partial charge is 0.341 e. The van der Waals surface area contributed by atoms with Gasteiger partial charge in [-0.05, 0) is 42.0 Å². The molecule has 2 N–H and O–H groups in total. The van der Waals surface area contributed by atoms with Crippen LogP contribution in [-0.2, 0) is 9.59 Å². The van der Waals surface area contributed by atoms with Crippen LogP contribution in [0.3, 0.4) is 0 Å². The first kappa shape index (κ1) is 19.6. The van der Waals surface area contributed by atoms with Gasteiger partial charge in [-0.3, -0.25) is 9.69 Å². The summed E-state index contributed by atoms with van der Waals surface area (Å²) >= 11 is 6.38. The summed E-state index contributed by atoms with van der Waals surface area (Å²) in [4.78, 5) is 36.2. The van der Waals surface area contributed by atoms with E-state index in [1.807, 2.05) is 0 Å². The summed E-state index contributed by atoms with van der Waals surface area (Å²) in [5.41, 5.74) is 1.07. The lowest BCUT2D eigenvalue weighted by Crippen LogP contribution is -2.27. The Morgan fingerprint density at radius 2 is 1.89 bits per heavy atom. The number of nitrogens with zero attached hydrogens (tertiary/aromatic N) is 1. The van der Waals surface area contributed by atoms with Crippen molar-refractivity contribution in [2.24, 2.45) is 0 Å². The molecule has 0 spiro atoms. The molecule has 1 aliphatic heterocycles. The summed E-state index contributed by atoms with van der Waals surface area (Å²) in [7, 11) is 0. The summed E-state index contributed by atoms with van der Waals surface area (Å²) in [6.07, 6.45) is 1.62. The van der Waals surface area contributed by atoms with Gasteiger partial charge in [0, 0.05) is 0 Å². The Hall–Kier alpha value is -3.17. The maximum atomic E-state index is 12.8. The number of hydrogen-bond acceptors (Lipinski definition) is 6. The molecule has 0 radical (unpaired) electrons. The molecule has 142 valence electrons. The molecule has 2 aromatic carbocycles. The lowest BCUT2D eigenvalue weighted by atomic mass is 10.1. The maximum absolute atomic E-state index is 12.8. The van der Waals surface area contributed by atoms with Crippen molar-refractivity contribution >= 4 is 57.9 Å². The maximum Gasteiger partial charge on any atom is 0.341 e. The highest BCUT2D eigenvalue weighted by Gasteiger charge is 2.33. The topological polar surface area (TPSA) is 104 Å². The second-order valence-electron chi connectivity index (χ2n) is 5.63. The number of rotatable bonds is 6. The van der Waals surface area contributed by atoms with Gasteiger partial charge in [0.1, 0.15) is 5.75 Å². The normalized spacial score (nSPS) is 15.1. The van der Waals surface area contributed by atoms with E-state index in [0.717, 1.165) is 11.8 Å². The van der Waals surface area contributed by atoms with E-state index in [4.69, 9.17) is 27.2 Å². The minimum absolute atomic E-state index is 0.0545. The van der Waals surface area contributed by atoms with Crippen molar-refractivity contribution in [2.45, 2.75) is 0 Å². The van der Waals surface area contributed by atoms with E-state index in [-0.39, 0.29) is 15.8 Å². The molecule has 1 fully saturated rings. The molecule has 1 heterocycles. The van der Waals surface area contributed by atoms with Gasteiger partial charge in [-0.15, -0.1) is 0 Å². The summed E-state index contributed by atoms with van der Waals surface area (Å²) in [5.74, 6) is -2.19.